The number of ether oxygens (including phenoxy) is 1. The number of amides is 1. The first-order valence-electron chi connectivity index (χ1n) is 9.89. The minimum atomic E-state index is -0.168. The summed E-state index contributed by atoms with van der Waals surface area (Å²) in [6.07, 6.45) is 0. The average Bonchev–Trinajstić information content (AvgIpc) is 2.74. The molecule has 1 aliphatic heterocycles. The maximum atomic E-state index is 12.5. The Bertz CT molecular complexity index is 810. The zero-order valence-electron chi connectivity index (χ0n) is 16.6. The van der Waals surface area contributed by atoms with Gasteiger partial charge in [-0.25, -0.2) is 0 Å². The molecule has 2 aromatic rings. The number of hydrogen-bond acceptors (Lipinski definition) is 4. The van der Waals surface area contributed by atoms with Crippen LogP contribution in [0.25, 0.3) is 0 Å². The second-order valence-electron chi connectivity index (χ2n) is 7.14. The molecule has 1 atom stereocenters. The van der Waals surface area contributed by atoms with Gasteiger partial charge in [0.25, 0.3) is 0 Å². The number of piperazine rings is 1. The molecule has 1 unspecified atom stereocenters. The van der Waals surface area contributed by atoms with Crippen molar-refractivity contribution in [1.29, 1.82) is 0 Å². The van der Waals surface area contributed by atoms with Crippen LogP contribution in [0, 0.1) is 0 Å². The highest BCUT2D eigenvalue weighted by molar-refractivity contribution is 6.32. The van der Waals surface area contributed by atoms with E-state index in [9.17, 15) is 4.79 Å². The minimum absolute atomic E-state index is 0.0282. The second-order valence-corrected chi connectivity index (χ2v) is 7.96. The maximum absolute atomic E-state index is 12.5. The summed E-state index contributed by atoms with van der Waals surface area (Å²) in [6.45, 7) is 7.37. The molecule has 7 heteroatoms. The van der Waals surface area contributed by atoms with Gasteiger partial charge in [0, 0.05) is 44.3 Å². The SMILES string of the molecule is CC(C(=O)NCc1ccccc1Cl)N1CCN(CCOc2ccccc2Cl)CC1. The first kappa shape index (κ1) is 21.9. The molecule has 3 rings (SSSR count). The number of carbonyl (C=O) groups is 1. The summed E-state index contributed by atoms with van der Waals surface area (Å²) >= 11 is 12.3. The van der Waals surface area contributed by atoms with E-state index in [2.05, 4.69) is 15.1 Å². The third-order valence-corrected chi connectivity index (χ3v) is 5.93. The quantitative estimate of drug-likeness (QED) is 0.686. The van der Waals surface area contributed by atoms with Crippen molar-refractivity contribution in [2.24, 2.45) is 0 Å². The molecule has 29 heavy (non-hydrogen) atoms. The van der Waals surface area contributed by atoms with Gasteiger partial charge in [-0.1, -0.05) is 53.5 Å². The number of carbonyl (C=O) groups excluding carboxylic acids is 1. The van der Waals surface area contributed by atoms with Crippen molar-refractivity contribution in [3.8, 4) is 5.75 Å². The summed E-state index contributed by atoms with van der Waals surface area (Å²) in [6, 6.07) is 14.9. The summed E-state index contributed by atoms with van der Waals surface area (Å²) in [7, 11) is 0. The second kappa shape index (κ2) is 10.8. The van der Waals surface area contributed by atoms with Gasteiger partial charge in [-0.15, -0.1) is 0 Å². The van der Waals surface area contributed by atoms with E-state index in [1.807, 2.05) is 55.5 Å². The Morgan fingerprint density at radius 2 is 1.69 bits per heavy atom. The molecular formula is C22H27Cl2N3O2. The molecule has 0 aromatic heterocycles. The molecule has 5 nitrogen and oxygen atoms in total. The smallest absolute Gasteiger partial charge is 0.237 e. The van der Waals surface area contributed by atoms with Crippen LogP contribution in [0.2, 0.25) is 10.0 Å². The van der Waals surface area contributed by atoms with Crippen LogP contribution in [0.5, 0.6) is 5.75 Å². The Morgan fingerprint density at radius 1 is 1.03 bits per heavy atom. The molecule has 0 saturated carbocycles. The molecule has 1 heterocycles. The van der Waals surface area contributed by atoms with Gasteiger partial charge < -0.3 is 10.1 Å². The number of para-hydroxylation sites is 1. The Morgan fingerprint density at radius 3 is 2.38 bits per heavy atom. The van der Waals surface area contributed by atoms with E-state index in [0.29, 0.717) is 23.2 Å². The van der Waals surface area contributed by atoms with Gasteiger partial charge in [-0.05, 0) is 30.7 Å². The number of nitrogens with one attached hydrogen (secondary N) is 1. The summed E-state index contributed by atoms with van der Waals surface area (Å²) in [4.78, 5) is 17.1. The first-order valence-corrected chi connectivity index (χ1v) is 10.6. The Kier molecular flexibility index (Phi) is 8.19. The molecule has 2 aromatic carbocycles. The van der Waals surface area contributed by atoms with Crippen LogP contribution in [0.3, 0.4) is 0 Å². The van der Waals surface area contributed by atoms with Gasteiger partial charge in [0.15, 0.2) is 0 Å². The number of rotatable bonds is 8. The van der Waals surface area contributed by atoms with Gasteiger partial charge in [-0.2, -0.15) is 0 Å². The van der Waals surface area contributed by atoms with Crippen molar-refractivity contribution in [3.05, 3.63) is 64.1 Å². The summed E-state index contributed by atoms with van der Waals surface area (Å²) in [5.41, 5.74) is 0.929. The van der Waals surface area contributed by atoms with E-state index in [1.165, 1.54) is 0 Å². The van der Waals surface area contributed by atoms with Gasteiger partial charge in [-0.3, -0.25) is 14.6 Å². The topological polar surface area (TPSA) is 44.8 Å². The van der Waals surface area contributed by atoms with Crippen LogP contribution >= 0.6 is 23.2 Å². The highest BCUT2D eigenvalue weighted by Crippen LogP contribution is 2.23. The van der Waals surface area contributed by atoms with Crippen LogP contribution in [0.15, 0.2) is 48.5 Å². The van der Waals surface area contributed by atoms with Crippen LogP contribution in [-0.2, 0) is 11.3 Å². The molecule has 1 amide bonds. The molecule has 1 aliphatic rings. The molecule has 0 aliphatic carbocycles. The summed E-state index contributed by atoms with van der Waals surface area (Å²) in [5, 5.41) is 4.30. The Balaban J connectivity index is 1.37. The van der Waals surface area contributed by atoms with E-state index < -0.39 is 0 Å². The number of hydrogen-bond donors (Lipinski definition) is 1. The summed E-state index contributed by atoms with van der Waals surface area (Å²) in [5.74, 6) is 0.747. The standard InChI is InChI=1S/C22H27Cl2N3O2/c1-17(22(28)25-16-18-6-2-3-7-19(18)23)27-12-10-26(11-13-27)14-15-29-21-9-5-4-8-20(21)24/h2-9,17H,10-16H2,1H3,(H,25,28). The van der Waals surface area contributed by atoms with E-state index in [0.717, 1.165) is 44.0 Å². The number of nitrogens with zero attached hydrogens (tertiary/aromatic N) is 2. The third-order valence-electron chi connectivity index (χ3n) is 5.25. The minimum Gasteiger partial charge on any atom is -0.491 e. The predicted octanol–water partition coefficient (Wildman–Crippen LogP) is 3.69. The normalized spacial score (nSPS) is 16.4. The molecule has 1 saturated heterocycles. The highest BCUT2D eigenvalue weighted by atomic mass is 35.5. The lowest BCUT2D eigenvalue weighted by Crippen LogP contribution is -2.54. The van der Waals surface area contributed by atoms with Gasteiger partial charge >= 0.3 is 0 Å². The van der Waals surface area contributed by atoms with Crippen molar-refractivity contribution in [3.63, 3.8) is 0 Å². The fraction of sp³-hybridized carbons (Fsp3) is 0.409. The summed E-state index contributed by atoms with van der Waals surface area (Å²) < 4.78 is 5.77. The molecule has 1 fully saturated rings. The van der Waals surface area contributed by atoms with Crippen molar-refractivity contribution < 1.29 is 9.53 Å². The molecule has 0 radical (unpaired) electrons. The van der Waals surface area contributed by atoms with Gasteiger partial charge in [0.05, 0.1) is 11.1 Å². The van der Waals surface area contributed by atoms with Crippen molar-refractivity contribution in [2.45, 2.75) is 19.5 Å². The fourth-order valence-electron chi connectivity index (χ4n) is 3.36. The van der Waals surface area contributed by atoms with Gasteiger partial charge in [0.2, 0.25) is 5.91 Å². The molecule has 0 spiro atoms. The average molecular weight is 436 g/mol. The Hall–Kier alpha value is -1.79. The van der Waals surface area contributed by atoms with E-state index in [1.54, 1.807) is 0 Å². The van der Waals surface area contributed by atoms with E-state index in [-0.39, 0.29) is 11.9 Å². The monoisotopic (exact) mass is 435 g/mol. The van der Waals surface area contributed by atoms with Crippen molar-refractivity contribution in [1.82, 2.24) is 15.1 Å². The van der Waals surface area contributed by atoms with Crippen molar-refractivity contribution >= 4 is 29.1 Å². The third kappa shape index (κ3) is 6.34. The van der Waals surface area contributed by atoms with Crippen LogP contribution in [-0.4, -0.2) is 61.1 Å². The molecule has 0 bridgehead atoms. The largest absolute Gasteiger partial charge is 0.491 e. The fourth-order valence-corrected chi connectivity index (χ4v) is 3.75. The van der Waals surface area contributed by atoms with Gasteiger partial charge in [0.1, 0.15) is 12.4 Å². The molecular weight excluding hydrogens is 409 g/mol. The van der Waals surface area contributed by atoms with Crippen LogP contribution in [0.4, 0.5) is 0 Å². The maximum Gasteiger partial charge on any atom is 0.237 e. The van der Waals surface area contributed by atoms with Crippen LogP contribution in [0.1, 0.15) is 12.5 Å². The van der Waals surface area contributed by atoms with E-state index in [4.69, 9.17) is 27.9 Å². The molecule has 156 valence electrons. The lowest BCUT2D eigenvalue weighted by atomic mass is 10.2. The van der Waals surface area contributed by atoms with Crippen molar-refractivity contribution in [2.75, 3.05) is 39.3 Å². The van der Waals surface area contributed by atoms with E-state index >= 15 is 0 Å². The highest BCUT2D eigenvalue weighted by Gasteiger charge is 2.25. The predicted molar refractivity (Wildman–Crippen MR) is 118 cm³/mol. The first-order chi connectivity index (χ1) is 14.0. The number of halogens is 2. The Labute approximate surface area is 182 Å². The van der Waals surface area contributed by atoms with Crippen LogP contribution < -0.4 is 10.1 Å². The lowest BCUT2D eigenvalue weighted by molar-refractivity contribution is -0.126. The zero-order chi connectivity index (χ0) is 20.6. The number of benzene rings is 2. The lowest BCUT2D eigenvalue weighted by Gasteiger charge is -2.37. The zero-order valence-corrected chi connectivity index (χ0v) is 18.1. The molecule has 1 N–H and O–H groups in total.